The number of hydrogen-bond acceptors (Lipinski definition) is 3. The van der Waals surface area contributed by atoms with Gasteiger partial charge in [-0.3, -0.25) is 0 Å². The van der Waals surface area contributed by atoms with Crippen molar-refractivity contribution in [2.24, 2.45) is 4.99 Å². The summed E-state index contributed by atoms with van der Waals surface area (Å²) < 4.78 is 60.5. The van der Waals surface area contributed by atoms with Gasteiger partial charge in [0.1, 0.15) is 0 Å². The molecule has 0 spiro atoms. The third-order valence-electron chi connectivity index (χ3n) is 3.62. The SMILES string of the molecule is CCNC(=NCc1ccc(C(F)(F)F)cc1)NC1CCS(=O)(=O)C1. The molecule has 134 valence electrons. The molecule has 9 heteroatoms. The summed E-state index contributed by atoms with van der Waals surface area (Å²) in [5.41, 5.74) is -0.0596. The smallest absolute Gasteiger partial charge is 0.357 e. The van der Waals surface area contributed by atoms with Crippen molar-refractivity contribution in [3.8, 4) is 0 Å². The average molecular weight is 363 g/mol. The van der Waals surface area contributed by atoms with Crippen LogP contribution in [0.25, 0.3) is 0 Å². The summed E-state index contributed by atoms with van der Waals surface area (Å²) in [4.78, 5) is 4.31. The molecule has 1 aromatic carbocycles. The molecule has 1 unspecified atom stereocenters. The van der Waals surface area contributed by atoms with E-state index < -0.39 is 21.6 Å². The number of aliphatic imine (C=N–C) groups is 1. The summed E-state index contributed by atoms with van der Waals surface area (Å²) in [5.74, 6) is 0.681. The van der Waals surface area contributed by atoms with E-state index in [-0.39, 0.29) is 24.1 Å². The van der Waals surface area contributed by atoms with Crippen LogP contribution in [0.15, 0.2) is 29.3 Å². The van der Waals surface area contributed by atoms with Crippen molar-refractivity contribution in [2.45, 2.75) is 32.1 Å². The Morgan fingerprint density at radius 2 is 1.96 bits per heavy atom. The highest BCUT2D eigenvalue weighted by Gasteiger charge is 2.30. The van der Waals surface area contributed by atoms with Crippen molar-refractivity contribution in [3.05, 3.63) is 35.4 Å². The van der Waals surface area contributed by atoms with E-state index in [4.69, 9.17) is 0 Å². The maximum Gasteiger partial charge on any atom is 0.416 e. The predicted molar refractivity (Wildman–Crippen MR) is 86.5 cm³/mol. The van der Waals surface area contributed by atoms with Crippen LogP contribution in [-0.2, 0) is 22.6 Å². The number of hydrogen-bond donors (Lipinski definition) is 2. The number of nitrogens with one attached hydrogen (secondary N) is 2. The van der Waals surface area contributed by atoms with Gasteiger partial charge >= 0.3 is 6.18 Å². The van der Waals surface area contributed by atoms with Crippen LogP contribution in [-0.4, -0.2) is 38.5 Å². The molecule has 24 heavy (non-hydrogen) atoms. The molecule has 1 aromatic rings. The van der Waals surface area contributed by atoms with E-state index in [1.165, 1.54) is 12.1 Å². The first-order chi connectivity index (χ1) is 11.2. The summed E-state index contributed by atoms with van der Waals surface area (Å²) in [6.45, 7) is 2.67. The fourth-order valence-corrected chi connectivity index (χ4v) is 4.07. The van der Waals surface area contributed by atoms with Gasteiger partial charge in [0.15, 0.2) is 15.8 Å². The van der Waals surface area contributed by atoms with Crippen molar-refractivity contribution in [2.75, 3.05) is 18.1 Å². The third kappa shape index (κ3) is 5.40. The Kier molecular flexibility index (Phi) is 5.74. The summed E-state index contributed by atoms with van der Waals surface area (Å²) in [7, 11) is -2.99. The van der Waals surface area contributed by atoms with Gasteiger partial charge in [-0.25, -0.2) is 13.4 Å². The van der Waals surface area contributed by atoms with E-state index in [1.54, 1.807) is 0 Å². The Balaban J connectivity index is 2.00. The first kappa shape index (κ1) is 18.6. The van der Waals surface area contributed by atoms with Crippen LogP contribution in [0.3, 0.4) is 0 Å². The van der Waals surface area contributed by atoms with Gasteiger partial charge in [0, 0.05) is 12.6 Å². The molecular formula is C15H20F3N3O2S. The van der Waals surface area contributed by atoms with Crippen LogP contribution in [0.4, 0.5) is 13.2 Å². The lowest BCUT2D eigenvalue weighted by Gasteiger charge is -2.15. The zero-order valence-electron chi connectivity index (χ0n) is 13.2. The van der Waals surface area contributed by atoms with Crippen LogP contribution >= 0.6 is 0 Å². The highest BCUT2D eigenvalue weighted by atomic mass is 32.2. The van der Waals surface area contributed by atoms with Crippen molar-refractivity contribution in [1.82, 2.24) is 10.6 Å². The first-order valence-corrected chi connectivity index (χ1v) is 9.43. The number of sulfone groups is 1. The van der Waals surface area contributed by atoms with Crippen molar-refractivity contribution in [1.29, 1.82) is 0 Å². The number of rotatable bonds is 4. The van der Waals surface area contributed by atoms with E-state index >= 15 is 0 Å². The normalized spacial score (nSPS) is 20.8. The molecule has 0 aromatic heterocycles. The van der Waals surface area contributed by atoms with Crippen molar-refractivity contribution in [3.63, 3.8) is 0 Å². The second kappa shape index (κ2) is 7.42. The minimum absolute atomic E-state index is 0.0672. The molecule has 0 amide bonds. The van der Waals surface area contributed by atoms with E-state index in [2.05, 4.69) is 15.6 Å². The Morgan fingerprint density at radius 3 is 2.46 bits per heavy atom. The van der Waals surface area contributed by atoms with Crippen molar-refractivity contribution >= 4 is 15.8 Å². The molecule has 1 aliphatic rings. The Hall–Kier alpha value is -1.77. The molecule has 0 bridgehead atoms. The lowest BCUT2D eigenvalue weighted by atomic mass is 10.1. The van der Waals surface area contributed by atoms with Crippen molar-refractivity contribution < 1.29 is 21.6 Å². The molecule has 1 heterocycles. The zero-order valence-corrected chi connectivity index (χ0v) is 14.0. The molecule has 2 N–H and O–H groups in total. The van der Waals surface area contributed by atoms with Gasteiger partial charge in [-0.2, -0.15) is 13.2 Å². The van der Waals surface area contributed by atoms with Crippen LogP contribution in [0.1, 0.15) is 24.5 Å². The largest absolute Gasteiger partial charge is 0.416 e. The van der Waals surface area contributed by atoms with Crippen LogP contribution in [0, 0.1) is 0 Å². The highest BCUT2D eigenvalue weighted by Crippen LogP contribution is 2.29. The van der Waals surface area contributed by atoms with E-state index in [9.17, 15) is 21.6 Å². The molecule has 0 aliphatic carbocycles. The summed E-state index contributed by atoms with van der Waals surface area (Å²) in [6, 6.07) is 4.62. The fraction of sp³-hybridized carbons (Fsp3) is 0.533. The van der Waals surface area contributed by atoms with E-state index in [1.807, 2.05) is 6.92 Å². The Labute approximate surface area is 139 Å². The maximum absolute atomic E-state index is 12.5. The second-order valence-electron chi connectivity index (χ2n) is 5.63. The number of halogens is 3. The number of guanidine groups is 1. The van der Waals surface area contributed by atoms with Gasteiger partial charge in [0.05, 0.1) is 23.6 Å². The van der Waals surface area contributed by atoms with Crippen LogP contribution < -0.4 is 10.6 Å². The Bertz CT molecular complexity index is 685. The number of benzene rings is 1. The van der Waals surface area contributed by atoms with Crippen LogP contribution in [0.5, 0.6) is 0 Å². The topological polar surface area (TPSA) is 70.6 Å². The third-order valence-corrected chi connectivity index (χ3v) is 5.39. The average Bonchev–Trinajstić information content (AvgIpc) is 2.83. The molecular weight excluding hydrogens is 343 g/mol. The summed E-state index contributed by atoms with van der Waals surface area (Å²) in [6.07, 6.45) is -3.83. The van der Waals surface area contributed by atoms with Gasteiger partial charge in [0.25, 0.3) is 0 Å². The molecule has 1 aliphatic heterocycles. The standard InChI is InChI=1S/C15H20F3N3O2S/c1-2-19-14(21-13-7-8-24(22,23)10-13)20-9-11-3-5-12(6-4-11)15(16,17)18/h3-6,13H,2,7-10H2,1H3,(H2,19,20,21). The molecule has 1 saturated heterocycles. The second-order valence-corrected chi connectivity index (χ2v) is 7.86. The summed E-state index contributed by atoms with van der Waals surface area (Å²) in [5, 5.41) is 6.06. The van der Waals surface area contributed by atoms with Gasteiger partial charge in [-0.15, -0.1) is 0 Å². The maximum atomic E-state index is 12.5. The highest BCUT2D eigenvalue weighted by molar-refractivity contribution is 7.91. The van der Waals surface area contributed by atoms with Gasteiger partial charge in [0.2, 0.25) is 0 Å². The fourth-order valence-electron chi connectivity index (χ4n) is 2.39. The predicted octanol–water partition coefficient (Wildman–Crippen LogP) is 1.95. The van der Waals surface area contributed by atoms with E-state index in [0.29, 0.717) is 24.5 Å². The summed E-state index contributed by atoms with van der Waals surface area (Å²) >= 11 is 0. The van der Waals surface area contributed by atoms with Gasteiger partial charge in [-0.05, 0) is 31.0 Å². The minimum Gasteiger partial charge on any atom is -0.357 e. The molecule has 2 rings (SSSR count). The molecule has 1 atom stereocenters. The lowest BCUT2D eigenvalue weighted by molar-refractivity contribution is -0.137. The monoisotopic (exact) mass is 363 g/mol. The number of nitrogens with zero attached hydrogens (tertiary/aromatic N) is 1. The minimum atomic E-state index is -4.35. The quantitative estimate of drug-likeness (QED) is 0.634. The van der Waals surface area contributed by atoms with E-state index in [0.717, 1.165) is 12.1 Å². The molecule has 0 saturated carbocycles. The molecule has 1 fully saturated rings. The zero-order chi connectivity index (χ0) is 17.8. The van der Waals surface area contributed by atoms with Crippen LogP contribution in [0.2, 0.25) is 0 Å². The molecule has 0 radical (unpaired) electrons. The van der Waals surface area contributed by atoms with Gasteiger partial charge < -0.3 is 10.6 Å². The first-order valence-electron chi connectivity index (χ1n) is 7.61. The lowest BCUT2D eigenvalue weighted by Crippen LogP contribution is -2.44. The number of alkyl halides is 3. The molecule has 5 nitrogen and oxygen atoms in total. The Morgan fingerprint density at radius 1 is 1.29 bits per heavy atom. The van der Waals surface area contributed by atoms with Gasteiger partial charge in [-0.1, -0.05) is 12.1 Å².